The summed E-state index contributed by atoms with van der Waals surface area (Å²) in [4.78, 5) is 18.4. The Hall–Kier alpha value is -4.48. The van der Waals surface area contributed by atoms with Crippen LogP contribution in [0.2, 0.25) is 0 Å². The van der Waals surface area contributed by atoms with Crippen molar-refractivity contribution in [2.45, 2.75) is 19.1 Å². The lowest BCUT2D eigenvalue weighted by atomic mass is 10.1. The summed E-state index contributed by atoms with van der Waals surface area (Å²) in [5, 5.41) is 14.5. The Morgan fingerprint density at radius 3 is 2.59 bits per heavy atom. The minimum atomic E-state index is -0.703. The number of nitrogens with two attached hydrogens (primary N) is 1. The molecule has 0 bridgehead atoms. The molecule has 34 heavy (non-hydrogen) atoms. The predicted octanol–water partition coefficient (Wildman–Crippen LogP) is 3.26. The van der Waals surface area contributed by atoms with Gasteiger partial charge in [0, 0.05) is 4.98 Å². The van der Waals surface area contributed by atoms with Crippen molar-refractivity contribution in [3.05, 3.63) is 70.7 Å². The smallest absolute Gasteiger partial charge is 0.415 e. The third-order valence-electron chi connectivity index (χ3n) is 4.87. The third kappa shape index (κ3) is 5.46. The highest BCUT2D eigenvalue weighted by Gasteiger charge is 2.41. The first-order chi connectivity index (χ1) is 16.3. The first kappa shape index (κ1) is 22.7. The molecule has 0 spiro atoms. The molecule has 0 fully saturated rings. The molecular weight excluding hydrogens is 447 g/mol. The molecule has 2 aromatic carbocycles. The average molecular weight is 468 g/mol. The number of nitrogens with zero attached hydrogens (tertiary/aromatic N) is 5. The van der Waals surface area contributed by atoms with Crippen molar-refractivity contribution in [1.82, 2.24) is 9.55 Å². The fourth-order valence-electron chi connectivity index (χ4n) is 3.17. The molecule has 1 aromatic heterocycles. The Labute approximate surface area is 193 Å². The maximum atomic E-state index is 13.0. The molecule has 1 atom stereocenters. The van der Waals surface area contributed by atoms with E-state index < -0.39 is 10.5 Å². The molecule has 2 heterocycles. The molecule has 0 aliphatic carbocycles. The van der Waals surface area contributed by atoms with Gasteiger partial charge in [-0.05, 0) is 60.4 Å². The van der Waals surface area contributed by atoms with Gasteiger partial charge < -0.3 is 30.2 Å². The van der Waals surface area contributed by atoms with Crippen molar-refractivity contribution in [2.75, 3.05) is 13.2 Å². The van der Waals surface area contributed by atoms with Crippen LogP contribution in [0.1, 0.15) is 6.92 Å². The lowest BCUT2D eigenvalue weighted by molar-refractivity contribution is -0.389. The number of aromatic nitrogens is 2. The number of rotatable bonds is 9. The first-order valence-electron chi connectivity index (χ1n) is 10.2. The number of hydrogen-bond donors (Lipinski definition) is 1. The normalized spacial score (nSPS) is 17.4. The van der Waals surface area contributed by atoms with Crippen LogP contribution in [0.4, 0.5) is 15.9 Å². The molecule has 176 valence electrons. The SMILES string of the molecule is C[C@]1(COc2ccc(N=CC(COc3ccc(F)cc3)=NN)cc2)Cn2cc([N+](=O)[O-])nc2O1. The minimum Gasteiger partial charge on any atom is -0.489 e. The van der Waals surface area contributed by atoms with Crippen LogP contribution in [0.25, 0.3) is 0 Å². The zero-order valence-electron chi connectivity index (χ0n) is 18.1. The Balaban J connectivity index is 1.27. The molecule has 2 N–H and O–H groups in total. The van der Waals surface area contributed by atoms with Crippen molar-refractivity contribution in [1.29, 1.82) is 0 Å². The van der Waals surface area contributed by atoms with Gasteiger partial charge >= 0.3 is 11.8 Å². The molecule has 1 aliphatic heterocycles. The summed E-state index contributed by atoms with van der Waals surface area (Å²) in [5.41, 5.74) is 0.338. The fourth-order valence-corrected chi connectivity index (χ4v) is 3.17. The van der Waals surface area contributed by atoms with E-state index in [1.165, 1.54) is 36.7 Å². The largest absolute Gasteiger partial charge is 0.489 e. The highest BCUT2D eigenvalue weighted by molar-refractivity contribution is 6.31. The van der Waals surface area contributed by atoms with Gasteiger partial charge in [0.25, 0.3) is 0 Å². The number of benzene rings is 2. The number of ether oxygens (including phenoxy) is 3. The minimum absolute atomic E-state index is 0.0755. The van der Waals surface area contributed by atoms with Gasteiger partial charge in [0.15, 0.2) is 5.60 Å². The van der Waals surface area contributed by atoms with Gasteiger partial charge in [-0.15, -0.1) is 0 Å². The number of nitro groups is 1. The van der Waals surface area contributed by atoms with Gasteiger partial charge in [-0.25, -0.2) is 4.39 Å². The lowest BCUT2D eigenvalue weighted by Crippen LogP contribution is -2.38. The Kier molecular flexibility index (Phi) is 6.39. The summed E-state index contributed by atoms with van der Waals surface area (Å²) >= 11 is 0. The van der Waals surface area contributed by atoms with Crippen molar-refractivity contribution >= 4 is 23.4 Å². The van der Waals surface area contributed by atoms with Gasteiger partial charge in [0.05, 0.1) is 18.4 Å². The van der Waals surface area contributed by atoms with E-state index in [9.17, 15) is 14.5 Å². The van der Waals surface area contributed by atoms with E-state index in [0.29, 0.717) is 29.4 Å². The van der Waals surface area contributed by atoms with E-state index in [4.69, 9.17) is 20.1 Å². The number of halogens is 1. The van der Waals surface area contributed by atoms with E-state index in [-0.39, 0.29) is 30.9 Å². The van der Waals surface area contributed by atoms with Crippen LogP contribution in [0.5, 0.6) is 17.5 Å². The maximum Gasteiger partial charge on any atom is 0.415 e. The van der Waals surface area contributed by atoms with Crippen molar-refractivity contribution < 1.29 is 23.5 Å². The average Bonchev–Trinajstić information content (AvgIpc) is 3.35. The van der Waals surface area contributed by atoms with Gasteiger partial charge in [-0.3, -0.25) is 9.56 Å². The summed E-state index contributed by atoms with van der Waals surface area (Å²) in [6, 6.07) is 12.8. The van der Waals surface area contributed by atoms with Crippen LogP contribution < -0.4 is 20.1 Å². The van der Waals surface area contributed by atoms with Crippen LogP contribution in [0.3, 0.4) is 0 Å². The molecule has 0 radical (unpaired) electrons. The second-order valence-electron chi connectivity index (χ2n) is 7.72. The summed E-state index contributed by atoms with van der Waals surface area (Å²) in [5.74, 6) is 5.88. The molecular formula is C22H21FN6O5. The van der Waals surface area contributed by atoms with E-state index in [1.807, 2.05) is 6.92 Å². The third-order valence-corrected chi connectivity index (χ3v) is 4.87. The summed E-state index contributed by atoms with van der Waals surface area (Å²) in [6.45, 7) is 2.52. The molecule has 4 rings (SSSR count). The summed E-state index contributed by atoms with van der Waals surface area (Å²) in [7, 11) is 0. The van der Waals surface area contributed by atoms with E-state index in [1.54, 1.807) is 28.8 Å². The maximum absolute atomic E-state index is 13.0. The Bertz CT molecular complexity index is 1200. The van der Waals surface area contributed by atoms with Crippen molar-refractivity contribution in [3.63, 3.8) is 0 Å². The van der Waals surface area contributed by atoms with Gasteiger partial charge in [-0.1, -0.05) is 0 Å². The second-order valence-corrected chi connectivity index (χ2v) is 7.72. The van der Waals surface area contributed by atoms with E-state index >= 15 is 0 Å². The lowest BCUT2D eigenvalue weighted by Gasteiger charge is -2.22. The number of fused-ring (bicyclic) bond motifs is 1. The molecule has 3 aromatic rings. The van der Waals surface area contributed by atoms with Crippen LogP contribution in [0.15, 0.2) is 64.8 Å². The van der Waals surface area contributed by atoms with Crippen LogP contribution in [0, 0.1) is 15.9 Å². The standard InChI is InChI=1S/C22H21FN6O5/c1-22(13-28-11-20(29(30)31)26-21(28)34-22)14-33-19-8-4-16(5-9-19)25-10-17(27-24)12-32-18-6-2-15(23)3-7-18/h2-11H,12-14,24H2,1H3/t22-/m1/s1. The Morgan fingerprint density at radius 1 is 1.26 bits per heavy atom. The molecule has 0 unspecified atom stereocenters. The quantitative estimate of drug-likeness (QED) is 0.220. The van der Waals surface area contributed by atoms with Gasteiger partial charge in [0.2, 0.25) is 0 Å². The van der Waals surface area contributed by atoms with Gasteiger partial charge in [0.1, 0.15) is 42.4 Å². The fraction of sp³-hybridized carbons (Fsp3) is 0.227. The Morgan fingerprint density at radius 2 is 1.94 bits per heavy atom. The topological polar surface area (TPSA) is 139 Å². The molecule has 12 heteroatoms. The number of aliphatic imine (C=N–C) groups is 1. The molecule has 0 amide bonds. The zero-order chi connectivity index (χ0) is 24.1. The van der Waals surface area contributed by atoms with Gasteiger partial charge in [-0.2, -0.15) is 5.10 Å². The monoisotopic (exact) mass is 468 g/mol. The van der Waals surface area contributed by atoms with Crippen molar-refractivity contribution in [3.8, 4) is 17.5 Å². The zero-order valence-corrected chi connectivity index (χ0v) is 18.1. The number of hydrazone groups is 1. The summed E-state index contributed by atoms with van der Waals surface area (Å²) in [6.07, 6.45) is 2.82. The first-order valence-corrected chi connectivity index (χ1v) is 10.2. The molecule has 0 saturated carbocycles. The number of hydrogen-bond acceptors (Lipinski definition) is 9. The predicted molar refractivity (Wildman–Crippen MR) is 122 cm³/mol. The van der Waals surface area contributed by atoms with Crippen LogP contribution in [-0.2, 0) is 6.54 Å². The van der Waals surface area contributed by atoms with Crippen LogP contribution in [-0.4, -0.2) is 45.2 Å². The highest BCUT2D eigenvalue weighted by Crippen LogP contribution is 2.31. The molecule has 11 nitrogen and oxygen atoms in total. The van der Waals surface area contributed by atoms with Crippen molar-refractivity contribution in [2.24, 2.45) is 15.9 Å². The van der Waals surface area contributed by atoms with E-state index in [2.05, 4.69) is 15.1 Å². The molecule has 1 aliphatic rings. The second kappa shape index (κ2) is 9.57. The van der Waals surface area contributed by atoms with Crippen LogP contribution >= 0.6 is 0 Å². The number of imidazole rings is 1. The molecule has 0 saturated heterocycles. The summed E-state index contributed by atoms with van der Waals surface area (Å²) < 4.78 is 31.6. The van der Waals surface area contributed by atoms with E-state index in [0.717, 1.165) is 0 Å². The highest BCUT2D eigenvalue weighted by atomic mass is 19.1.